The zero-order chi connectivity index (χ0) is 35.1. The predicted octanol–water partition coefficient (Wildman–Crippen LogP) is 7.50. The number of ether oxygens (including phenoxy) is 1. The molecule has 4 aromatic rings. The van der Waals surface area contributed by atoms with Gasteiger partial charge in [0.15, 0.2) is 0 Å². The fraction of sp³-hybridized carbons (Fsp3) is 0.250. The molecular weight excluding hydrogens is 679 g/mol. The summed E-state index contributed by atoms with van der Waals surface area (Å²) < 4.78 is 5.51. The normalized spacial score (nSPS) is 13.4. The lowest BCUT2D eigenvalue weighted by atomic mass is 10.0. The van der Waals surface area contributed by atoms with Crippen LogP contribution in [-0.2, 0) is 27.3 Å². The van der Waals surface area contributed by atoms with Gasteiger partial charge >= 0.3 is 6.09 Å². The molecule has 2 aromatic heterocycles. The Morgan fingerprint density at radius 2 is 1.84 bits per heavy atom. The van der Waals surface area contributed by atoms with Crippen LogP contribution < -0.4 is 16.0 Å². The molecule has 0 saturated heterocycles. The molecule has 1 aliphatic rings. The lowest BCUT2D eigenvalue weighted by Crippen LogP contribution is -2.39. The van der Waals surface area contributed by atoms with Crippen molar-refractivity contribution in [1.29, 1.82) is 5.26 Å². The van der Waals surface area contributed by atoms with Crippen LogP contribution in [0.5, 0.6) is 0 Å². The third-order valence-electron chi connectivity index (χ3n) is 7.21. The van der Waals surface area contributed by atoms with Crippen LogP contribution in [0.25, 0.3) is 6.08 Å². The van der Waals surface area contributed by atoms with Crippen LogP contribution in [-0.4, -0.2) is 46.1 Å². The molecule has 1 atom stereocenters. The number of thioether (sulfide) groups is 1. The van der Waals surface area contributed by atoms with Crippen LogP contribution in [0.15, 0.2) is 82.0 Å². The van der Waals surface area contributed by atoms with Crippen LogP contribution in [0.1, 0.15) is 59.6 Å². The van der Waals surface area contributed by atoms with Gasteiger partial charge in [-0.3, -0.25) is 14.4 Å². The number of hydrogen-bond acceptors (Lipinski definition) is 9. The maximum absolute atomic E-state index is 13.4. The first kappa shape index (κ1) is 35.4. The van der Waals surface area contributed by atoms with Crippen LogP contribution in [0.2, 0.25) is 0 Å². The molecule has 1 unspecified atom stereocenters. The lowest BCUT2D eigenvalue weighted by Gasteiger charge is -2.29. The number of hydrogen-bond donors (Lipinski definition) is 3. The third kappa shape index (κ3) is 9.38. The molecule has 252 valence electrons. The largest absolute Gasteiger partial charge is 0.444 e. The average Bonchev–Trinajstić information content (AvgIpc) is 3.70. The van der Waals surface area contributed by atoms with E-state index in [4.69, 9.17) is 4.74 Å². The van der Waals surface area contributed by atoms with Gasteiger partial charge in [-0.2, -0.15) is 16.6 Å². The minimum Gasteiger partial charge on any atom is -0.444 e. The van der Waals surface area contributed by atoms with Crippen molar-refractivity contribution in [2.24, 2.45) is 0 Å². The number of rotatable bonds is 9. The van der Waals surface area contributed by atoms with Crippen molar-refractivity contribution in [3.8, 4) is 6.07 Å². The highest BCUT2D eigenvalue weighted by atomic mass is 32.2. The topological polar surface area (TPSA) is 141 Å². The molecule has 49 heavy (non-hydrogen) atoms. The monoisotopic (exact) mass is 713 g/mol. The smallest absolute Gasteiger partial charge is 0.410 e. The molecule has 4 amide bonds. The summed E-state index contributed by atoms with van der Waals surface area (Å²) in [6.45, 7) is 7.93. The van der Waals surface area contributed by atoms with Gasteiger partial charge in [0.1, 0.15) is 22.4 Å². The highest BCUT2D eigenvalue weighted by Crippen LogP contribution is 2.38. The number of carbonyl (C=O) groups is 4. The number of nitriles is 1. The summed E-state index contributed by atoms with van der Waals surface area (Å²) in [6.07, 6.45) is 1.70. The molecule has 2 aromatic carbocycles. The van der Waals surface area contributed by atoms with Crippen molar-refractivity contribution in [3.63, 3.8) is 0 Å². The van der Waals surface area contributed by atoms with E-state index in [1.54, 1.807) is 60.4 Å². The first-order valence-electron chi connectivity index (χ1n) is 15.4. The Kier molecular flexibility index (Phi) is 11.2. The van der Waals surface area contributed by atoms with Crippen LogP contribution in [0, 0.1) is 11.3 Å². The SMILES string of the molecule is CC(Sc1cccc(NC(=O)/C(=C/c2ccsc2)NC(=O)c2ccccc2)c1)C(=O)Nc1sc2c(c1C#N)CCN(C(=O)OC(C)(C)C)C2. The summed E-state index contributed by atoms with van der Waals surface area (Å²) >= 11 is 4.07. The average molecular weight is 714 g/mol. The number of thiophene rings is 2. The molecule has 0 radical (unpaired) electrons. The van der Waals surface area contributed by atoms with Crippen molar-refractivity contribution in [3.05, 3.63) is 104 Å². The maximum atomic E-state index is 13.4. The molecule has 0 spiro atoms. The second-order valence-electron chi connectivity index (χ2n) is 12.1. The Morgan fingerprint density at radius 3 is 2.53 bits per heavy atom. The molecule has 1 aliphatic heterocycles. The third-order valence-corrected chi connectivity index (χ3v) is 10.1. The van der Waals surface area contributed by atoms with E-state index < -0.39 is 28.8 Å². The molecule has 0 fully saturated rings. The van der Waals surface area contributed by atoms with E-state index in [2.05, 4.69) is 22.0 Å². The number of anilines is 2. The summed E-state index contributed by atoms with van der Waals surface area (Å²) in [5.74, 6) is -1.20. The highest BCUT2D eigenvalue weighted by Gasteiger charge is 2.30. The fourth-order valence-corrected chi connectivity index (χ4v) is 7.64. The fourth-order valence-electron chi connectivity index (χ4n) is 4.88. The van der Waals surface area contributed by atoms with Gasteiger partial charge in [0, 0.05) is 27.6 Å². The van der Waals surface area contributed by atoms with E-state index in [0.29, 0.717) is 41.3 Å². The second kappa shape index (κ2) is 15.5. The van der Waals surface area contributed by atoms with Crippen LogP contribution in [0.4, 0.5) is 15.5 Å². The Bertz CT molecular complexity index is 1920. The van der Waals surface area contributed by atoms with Gasteiger partial charge in [0.2, 0.25) is 5.91 Å². The van der Waals surface area contributed by atoms with E-state index in [-0.39, 0.29) is 11.6 Å². The van der Waals surface area contributed by atoms with E-state index in [9.17, 15) is 24.4 Å². The number of carbonyl (C=O) groups excluding carboxylic acids is 4. The van der Waals surface area contributed by atoms with Crippen molar-refractivity contribution >= 4 is 75.0 Å². The van der Waals surface area contributed by atoms with E-state index in [1.807, 2.05) is 49.7 Å². The van der Waals surface area contributed by atoms with Gasteiger partial charge in [-0.05, 0) is 98.5 Å². The number of nitrogens with zero attached hydrogens (tertiary/aromatic N) is 2. The molecule has 13 heteroatoms. The van der Waals surface area contributed by atoms with Crippen molar-refractivity contribution in [2.45, 2.75) is 56.4 Å². The van der Waals surface area contributed by atoms with Gasteiger partial charge in [-0.25, -0.2) is 4.79 Å². The van der Waals surface area contributed by atoms with Gasteiger partial charge in [0.05, 0.1) is 17.4 Å². The Balaban J connectivity index is 1.24. The van der Waals surface area contributed by atoms with Crippen molar-refractivity contribution in [2.75, 3.05) is 17.2 Å². The molecule has 3 N–H and O–H groups in total. The Hall–Kier alpha value is -4.90. The van der Waals surface area contributed by atoms with E-state index >= 15 is 0 Å². The van der Waals surface area contributed by atoms with E-state index in [0.717, 1.165) is 20.9 Å². The standard InChI is InChI=1S/C36H35N5O5S3/c1-22(31(42)40-34-28(19-37)27-13-15-41(20-30(27)49-34)35(45)46-36(2,3)4)48-26-12-8-11-25(18-26)38-33(44)29(17-23-14-16-47-21-23)39-32(43)24-9-6-5-7-10-24/h5-12,14,16-18,21-22H,13,15,20H2,1-4H3,(H,38,44)(H,39,43)(H,40,42)/b29-17-. The second-order valence-corrected chi connectivity index (χ2v) is 15.4. The highest BCUT2D eigenvalue weighted by molar-refractivity contribution is 8.00. The minimum atomic E-state index is -0.618. The quantitative estimate of drug-likeness (QED) is 0.121. The van der Waals surface area contributed by atoms with Gasteiger partial charge in [-0.1, -0.05) is 24.3 Å². The van der Waals surface area contributed by atoms with Crippen molar-refractivity contribution < 1.29 is 23.9 Å². The van der Waals surface area contributed by atoms with Gasteiger partial charge in [0.25, 0.3) is 11.8 Å². The lowest BCUT2D eigenvalue weighted by molar-refractivity contribution is -0.115. The van der Waals surface area contributed by atoms with E-state index in [1.165, 1.54) is 34.4 Å². The summed E-state index contributed by atoms with van der Waals surface area (Å²) in [5.41, 5.74) is 2.42. The predicted molar refractivity (Wildman–Crippen MR) is 195 cm³/mol. The first-order valence-corrected chi connectivity index (χ1v) is 18.1. The number of fused-ring (bicyclic) bond motifs is 1. The molecule has 5 rings (SSSR count). The zero-order valence-corrected chi connectivity index (χ0v) is 29.8. The zero-order valence-electron chi connectivity index (χ0n) is 27.4. The first-order chi connectivity index (χ1) is 23.4. The molecular formula is C36H35N5O5S3. The van der Waals surface area contributed by atoms with Crippen LogP contribution >= 0.6 is 34.4 Å². The van der Waals surface area contributed by atoms with Gasteiger partial charge < -0.3 is 25.6 Å². The summed E-state index contributed by atoms with van der Waals surface area (Å²) in [4.78, 5) is 55.4. The summed E-state index contributed by atoms with van der Waals surface area (Å²) in [5, 5.41) is 22.1. The molecule has 0 aliphatic carbocycles. The molecule has 10 nitrogen and oxygen atoms in total. The van der Waals surface area contributed by atoms with Gasteiger partial charge in [-0.15, -0.1) is 23.1 Å². The van der Waals surface area contributed by atoms with Crippen LogP contribution in [0.3, 0.4) is 0 Å². The Morgan fingerprint density at radius 1 is 1.06 bits per heavy atom. The summed E-state index contributed by atoms with van der Waals surface area (Å²) in [7, 11) is 0. The number of nitrogens with one attached hydrogen (secondary N) is 3. The maximum Gasteiger partial charge on any atom is 0.410 e. The number of benzene rings is 2. The minimum absolute atomic E-state index is 0.0826. The number of amides is 4. The molecule has 3 heterocycles. The molecule has 0 saturated carbocycles. The van der Waals surface area contributed by atoms with Crippen molar-refractivity contribution in [1.82, 2.24) is 10.2 Å². The Labute approximate surface area is 297 Å². The molecule has 0 bridgehead atoms. The summed E-state index contributed by atoms with van der Waals surface area (Å²) in [6, 6.07) is 19.8.